The number of nitrogens with two attached hydrogens (primary N) is 1. The summed E-state index contributed by atoms with van der Waals surface area (Å²) in [5.74, 6) is -0.958. The van der Waals surface area contributed by atoms with Gasteiger partial charge >= 0.3 is 5.97 Å². The standard InChI is InChI=1S/C27H34N2O4S/c1-16(2)27(10-9-18-8-7-11-29-15-18)14-21(30)23(25(32)33-27)34-22-12-17(3)19(24(28)31)13-20(22)26(4,5)6/h7-8,11-13,15-16,30H,9-10,14H2,1-6H3,(H2,28,31). The maximum atomic E-state index is 13.2. The summed E-state index contributed by atoms with van der Waals surface area (Å²) in [5.41, 5.74) is 7.57. The predicted molar refractivity (Wildman–Crippen MR) is 135 cm³/mol. The molecule has 0 spiro atoms. The minimum atomic E-state index is -0.792. The Morgan fingerprint density at radius 2 is 2.03 bits per heavy atom. The quantitative estimate of drug-likeness (QED) is 0.496. The Labute approximate surface area is 206 Å². The monoisotopic (exact) mass is 482 g/mol. The van der Waals surface area contributed by atoms with Crippen molar-refractivity contribution in [3.8, 4) is 0 Å². The van der Waals surface area contributed by atoms with Crippen LogP contribution >= 0.6 is 11.8 Å². The van der Waals surface area contributed by atoms with Crippen LogP contribution in [0.5, 0.6) is 0 Å². The number of aliphatic hydroxyl groups excluding tert-OH is 1. The number of carbonyl (C=O) groups excluding carboxylic acids is 2. The fourth-order valence-electron chi connectivity index (χ4n) is 4.23. The summed E-state index contributed by atoms with van der Waals surface area (Å²) in [6, 6.07) is 7.52. The number of aryl methyl sites for hydroxylation is 2. The minimum absolute atomic E-state index is 0.0176. The van der Waals surface area contributed by atoms with Gasteiger partial charge < -0.3 is 15.6 Å². The Kier molecular flexibility index (Phi) is 7.46. The number of nitrogens with zero attached hydrogens (tertiary/aromatic N) is 1. The molecule has 3 N–H and O–H groups in total. The summed E-state index contributed by atoms with van der Waals surface area (Å²) in [6.07, 6.45) is 5.06. The molecule has 34 heavy (non-hydrogen) atoms. The Morgan fingerprint density at radius 1 is 1.32 bits per heavy atom. The van der Waals surface area contributed by atoms with Crippen LogP contribution in [0.3, 0.4) is 0 Å². The number of rotatable bonds is 7. The molecule has 1 aromatic carbocycles. The summed E-state index contributed by atoms with van der Waals surface area (Å²) in [4.78, 5) is 30.2. The normalized spacial score (nSPS) is 18.9. The van der Waals surface area contributed by atoms with E-state index in [4.69, 9.17) is 10.5 Å². The highest BCUT2D eigenvalue weighted by atomic mass is 32.2. The lowest BCUT2D eigenvalue weighted by Crippen LogP contribution is -2.44. The maximum Gasteiger partial charge on any atom is 0.349 e. The van der Waals surface area contributed by atoms with Gasteiger partial charge in [-0.3, -0.25) is 9.78 Å². The first kappa shape index (κ1) is 25.8. The number of cyclic esters (lactones) is 1. The summed E-state index contributed by atoms with van der Waals surface area (Å²) in [6.45, 7) is 11.9. The van der Waals surface area contributed by atoms with Crippen LogP contribution in [0.4, 0.5) is 0 Å². The number of hydrogen-bond donors (Lipinski definition) is 2. The van der Waals surface area contributed by atoms with Crippen LogP contribution in [0, 0.1) is 12.8 Å². The molecule has 6 nitrogen and oxygen atoms in total. The Hall–Kier alpha value is -2.80. The number of aliphatic hydroxyl groups is 1. The number of ether oxygens (including phenoxy) is 1. The number of primary amides is 1. The van der Waals surface area contributed by atoms with Crippen LogP contribution in [0.1, 0.15) is 74.5 Å². The van der Waals surface area contributed by atoms with Crippen LogP contribution in [0.2, 0.25) is 0 Å². The smallest absolute Gasteiger partial charge is 0.349 e. The van der Waals surface area contributed by atoms with Gasteiger partial charge in [0.2, 0.25) is 5.91 Å². The number of pyridine rings is 1. The molecule has 1 aliphatic heterocycles. The lowest BCUT2D eigenvalue weighted by Gasteiger charge is -2.40. The fourth-order valence-corrected chi connectivity index (χ4v) is 5.47. The van der Waals surface area contributed by atoms with Crippen molar-refractivity contribution in [2.75, 3.05) is 0 Å². The van der Waals surface area contributed by atoms with E-state index in [2.05, 4.69) is 4.98 Å². The minimum Gasteiger partial charge on any atom is -0.511 e. The highest BCUT2D eigenvalue weighted by Gasteiger charge is 2.44. The van der Waals surface area contributed by atoms with Gasteiger partial charge in [-0.1, -0.05) is 52.4 Å². The molecule has 3 rings (SSSR count). The molecule has 2 aromatic rings. The summed E-state index contributed by atoms with van der Waals surface area (Å²) < 4.78 is 6.06. The van der Waals surface area contributed by atoms with E-state index in [1.54, 1.807) is 12.3 Å². The topological polar surface area (TPSA) is 103 Å². The first-order valence-corrected chi connectivity index (χ1v) is 12.3. The van der Waals surface area contributed by atoms with E-state index in [0.717, 1.165) is 21.6 Å². The number of hydrogen-bond acceptors (Lipinski definition) is 6. The lowest BCUT2D eigenvalue weighted by molar-refractivity contribution is -0.164. The molecule has 0 saturated heterocycles. The van der Waals surface area contributed by atoms with Crippen LogP contribution in [-0.4, -0.2) is 27.6 Å². The number of benzene rings is 1. The average molecular weight is 483 g/mol. The Balaban J connectivity index is 1.94. The highest BCUT2D eigenvalue weighted by Crippen LogP contribution is 2.45. The summed E-state index contributed by atoms with van der Waals surface area (Å²) in [5, 5.41) is 11.1. The van der Waals surface area contributed by atoms with Crippen LogP contribution in [-0.2, 0) is 21.4 Å². The number of esters is 1. The number of aromatic nitrogens is 1. The van der Waals surface area contributed by atoms with Gasteiger partial charge in [-0.15, -0.1) is 0 Å². The molecule has 0 fully saturated rings. The molecule has 1 atom stereocenters. The molecule has 182 valence electrons. The zero-order valence-electron chi connectivity index (χ0n) is 20.8. The largest absolute Gasteiger partial charge is 0.511 e. The SMILES string of the molecule is Cc1cc(SC2=C(O)CC(CCc3cccnc3)(C(C)C)OC2=O)c(C(C)(C)C)cc1C(N)=O. The van der Waals surface area contributed by atoms with Crippen molar-refractivity contribution in [1.82, 2.24) is 4.98 Å². The Bertz CT molecular complexity index is 1120. The third kappa shape index (κ3) is 5.46. The van der Waals surface area contributed by atoms with Crippen molar-refractivity contribution in [1.29, 1.82) is 0 Å². The third-order valence-corrected chi connectivity index (χ3v) is 7.60. The summed E-state index contributed by atoms with van der Waals surface area (Å²) >= 11 is 1.19. The molecule has 7 heteroatoms. The number of carbonyl (C=O) groups is 2. The fraction of sp³-hybridized carbons (Fsp3) is 0.444. The predicted octanol–water partition coefficient (Wildman–Crippen LogP) is 5.62. The van der Waals surface area contributed by atoms with E-state index in [9.17, 15) is 14.7 Å². The molecule has 1 amide bonds. The van der Waals surface area contributed by atoms with Crippen LogP contribution < -0.4 is 5.73 Å². The molecule has 0 saturated carbocycles. The molecule has 2 heterocycles. The van der Waals surface area contributed by atoms with Gasteiger partial charge in [-0.25, -0.2) is 4.79 Å². The van der Waals surface area contributed by atoms with Gasteiger partial charge in [-0.05, 0) is 66.0 Å². The second-order valence-corrected chi connectivity index (χ2v) is 11.4. The van der Waals surface area contributed by atoms with E-state index < -0.39 is 17.5 Å². The molecule has 0 radical (unpaired) electrons. The second-order valence-electron chi connectivity index (χ2n) is 10.3. The van der Waals surface area contributed by atoms with Crippen LogP contribution in [0.15, 0.2) is 52.2 Å². The van der Waals surface area contributed by atoms with Gasteiger partial charge in [0.1, 0.15) is 16.3 Å². The van der Waals surface area contributed by atoms with Gasteiger partial charge in [-0.2, -0.15) is 0 Å². The zero-order chi connectivity index (χ0) is 25.3. The molecule has 0 aliphatic carbocycles. The maximum absolute atomic E-state index is 13.2. The van der Waals surface area contributed by atoms with Crippen molar-refractivity contribution >= 4 is 23.6 Å². The second kappa shape index (κ2) is 9.82. The molecule has 1 aliphatic rings. The van der Waals surface area contributed by atoms with Crippen molar-refractivity contribution in [3.63, 3.8) is 0 Å². The summed E-state index contributed by atoms with van der Waals surface area (Å²) in [7, 11) is 0. The van der Waals surface area contributed by atoms with Gasteiger partial charge in [0.05, 0.1) is 0 Å². The van der Waals surface area contributed by atoms with E-state index in [-0.39, 0.29) is 28.4 Å². The van der Waals surface area contributed by atoms with Crippen LogP contribution in [0.25, 0.3) is 0 Å². The Morgan fingerprint density at radius 3 is 2.56 bits per heavy atom. The van der Waals surface area contributed by atoms with Gasteiger partial charge in [0.25, 0.3) is 0 Å². The van der Waals surface area contributed by atoms with Gasteiger partial charge in [0.15, 0.2) is 0 Å². The van der Waals surface area contributed by atoms with Crippen molar-refractivity contribution in [2.24, 2.45) is 11.7 Å². The molecular weight excluding hydrogens is 448 g/mol. The lowest BCUT2D eigenvalue weighted by atomic mass is 9.80. The average Bonchev–Trinajstić information content (AvgIpc) is 2.74. The van der Waals surface area contributed by atoms with Crippen molar-refractivity contribution in [3.05, 3.63) is 69.6 Å². The van der Waals surface area contributed by atoms with E-state index in [1.807, 2.05) is 65.9 Å². The third-order valence-electron chi connectivity index (χ3n) is 6.43. The van der Waals surface area contributed by atoms with E-state index in [1.165, 1.54) is 11.8 Å². The number of amides is 1. The molecule has 1 unspecified atom stereocenters. The van der Waals surface area contributed by atoms with Crippen molar-refractivity contribution in [2.45, 2.75) is 76.7 Å². The number of thioether (sulfide) groups is 1. The molecular formula is C27H34N2O4S. The first-order chi connectivity index (χ1) is 15.8. The highest BCUT2D eigenvalue weighted by molar-refractivity contribution is 8.04. The van der Waals surface area contributed by atoms with E-state index >= 15 is 0 Å². The zero-order valence-corrected chi connectivity index (χ0v) is 21.6. The molecule has 1 aromatic heterocycles. The van der Waals surface area contributed by atoms with Gasteiger partial charge in [0, 0.05) is 29.3 Å². The van der Waals surface area contributed by atoms with Crippen molar-refractivity contribution < 1.29 is 19.4 Å². The molecule has 0 bridgehead atoms. The first-order valence-electron chi connectivity index (χ1n) is 11.5. The van der Waals surface area contributed by atoms with E-state index in [0.29, 0.717) is 18.4 Å².